The molecule has 0 aromatic heterocycles. The lowest BCUT2D eigenvalue weighted by atomic mass is 10.3. The summed E-state index contributed by atoms with van der Waals surface area (Å²) >= 11 is 1.14. The van der Waals surface area contributed by atoms with Crippen molar-refractivity contribution in [3.8, 4) is 10.6 Å². The first-order valence-corrected chi connectivity index (χ1v) is 3.88. The molecule has 2 heterocycles. The van der Waals surface area contributed by atoms with Gasteiger partial charge in [0.2, 0.25) is 4.74 Å². The molecule has 0 atom stereocenters. The largest absolute Gasteiger partial charge is 0.278 e. The third kappa shape index (κ3) is 1.12. The Kier molecular flexibility index (Phi) is 1.40. The van der Waals surface area contributed by atoms with Gasteiger partial charge in [0.05, 0.1) is 0 Å². The zero-order valence-corrected chi connectivity index (χ0v) is 6.34. The first-order valence-electron chi connectivity index (χ1n) is 3.06. The fourth-order valence-corrected chi connectivity index (χ4v) is 1.55. The molecule has 4 heteroatoms. The fraction of sp³-hybridized carbons (Fsp3) is 0. The van der Waals surface area contributed by atoms with Crippen molar-refractivity contribution in [1.29, 1.82) is 0 Å². The van der Waals surface area contributed by atoms with Crippen LogP contribution in [0.5, 0.6) is 0 Å². The Balaban J connectivity index is 2.83. The molecule has 2 aliphatic heterocycles. The molecular weight excluding hydrogens is 160 g/mol. The average molecular weight is 164 g/mol. The molecule has 0 bridgehead atoms. The minimum atomic E-state index is 0.0282. The highest BCUT2D eigenvalue weighted by molar-refractivity contribution is 7.13. The monoisotopic (exact) mass is 164 g/mol. The minimum Gasteiger partial charge on any atom is -0.278 e. The highest BCUT2D eigenvalue weighted by atomic mass is 32.1. The summed E-state index contributed by atoms with van der Waals surface area (Å²) in [5, 5.41) is 0.743. The van der Waals surface area contributed by atoms with Crippen LogP contribution in [-0.2, 0) is 0 Å². The molecule has 0 amide bonds. The molecule has 0 aromatic carbocycles. The number of thiophene rings is 1. The van der Waals surface area contributed by atoms with Crippen LogP contribution in [0.15, 0.2) is 29.5 Å². The minimum absolute atomic E-state index is 0.0282. The van der Waals surface area contributed by atoms with Gasteiger partial charge in [0.15, 0.2) is 0 Å². The van der Waals surface area contributed by atoms with Gasteiger partial charge in [-0.3, -0.25) is 9.78 Å². The van der Waals surface area contributed by atoms with Crippen LogP contribution in [0, 0.1) is 0 Å². The second kappa shape index (κ2) is 2.39. The summed E-state index contributed by atoms with van der Waals surface area (Å²) in [5.74, 6) is 0. The van der Waals surface area contributed by atoms with Gasteiger partial charge in [-0.1, -0.05) is 11.3 Å². The van der Waals surface area contributed by atoms with E-state index in [1.165, 1.54) is 0 Å². The van der Waals surface area contributed by atoms with E-state index in [0.29, 0.717) is 0 Å². The third-order valence-electron chi connectivity index (χ3n) is 1.28. The molecular formula is C7H4N2OS. The molecule has 0 N–H and O–H groups in total. The summed E-state index contributed by atoms with van der Waals surface area (Å²) < 4.78 is 0.0282. The molecule has 0 saturated heterocycles. The summed E-state index contributed by atoms with van der Waals surface area (Å²) in [6.07, 6.45) is 4.82. The smallest absolute Gasteiger partial charge is 0.235 e. The van der Waals surface area contributed by atoms with Crippen LogP contribution in [0.3, 0.4) is 0 Å². The van der Waals surface area contributed by atoms with E-state index < -0.39 is 0 Å². The van der Waals surface area contributed by atoms with E-state index in [4.69, 9.17) is 0 Å². The van der Waals surface area contributed by atoms with Gasteiger partial charge >= 0.3 is 0 Å². The predicted molar refractivity (Wildman–Crippen MR) is 42.8 cm³/mol. The van der Waals surface area contributed by atoms with E-state index in [-0.39, 0.29) is 4.74 Å². The van der Waals surface area contributed by atoms with Crippen molar-refractivity contribution < 1.29 is 0 Å². The van der Waals surface area contributed by atoms with Gasteiger partial charge in [-0.05, 0) is 0 Å². The zero-order chi connectivity index (χ0) is 7.68. The molecule has 0 aromatic rings. The molecule has 2 rings (SSSR count). The SMILES string of the molecule is O=c1cc2cnccnc-2s1. The van der Waals surface area contributed by atoms with Gasteiger partial charge < -0.3 is 0 Å². The van der Waals surface area contributed by atoms with E-state index in [0.717, 1.165) is 21.9 Å². The number of hydrogen-bond acceptors (Lipinski definition) is 4. The molecule has 0 unspecified atom stereocenters. The van der Waals surface area contributed by atoms with Crippen LogP contribution in [0.4, 0.5) is 0 Å². The van der Waals surface area contributed by atoms with E-state index in [1.807, 2.05) is 0 Å². The molecule has 0 radical (unpaired) electrons. The molecule has 0 fully saturated rings. The van der Waals surface area contributed by atoms with Gasteiger partial charge in [0.25, 0.3) is 0 Å². The Hall–Kier alpha value is -1.29. The lowest BCUT2D eigenvalue weighted by molar-refractivity contribution is 1.34. The van der Waals surface area contributed by atoms with Crippen molar-refractivity contribution in [3.63, 3.8) is 0 Å². The molecule has 0 spiro atoms. The van der Waals surface area contributed by atoms with E-state index in [2.05, 4.69) is 9.97 Å². The number of nitrogens with zero attached hydrogens (tertiary/aromatic N) is 2. The molecule has 0 aliphatic carbocycles. The van der Waals surface area contributed by atoms with Crippen molar-refractivity contribution in [3.05, 3.63) is 34.2 Å². The number of rotatable bonds is 0. The third-order valence-corrected chi connectivity index (χ3v) is 2.13. The standard InChI is InChI=1S/C7H4N2OS/c10-6-3-5-4-8-1-2-9-7(5)11-6/h1-4H. The van der Waals surface area contributed by atoms with Gasteiger partial charge in [-0.15, -0.1) is 0 Å². The molecule has 0 saturated carbocycles. The van der Waals surface area contributed by atoms with E-state index in [9.17, 15) is 4.79 Å². The summed E-state index contributed by atoms with van der Waals surface area (Å²) in [6.45, 7) is 0. The molecule has 11 heavy (non-hydrogen) atoms. The summed E-state index contributed by atoms with van der Waals surface area (Å²) in [7, 11) is 0. The maximum absolute atomic E-state index is 10.8. The number of hydrogen-bond donors (Lipinski definition) is 0. The summed E-state index contributed by atoms with van der Waals surface area (Å²) in [6, 6.07) is 1.54. The maximum atomic E-state index is 10.8. The lowest BCUT2D eigenvalue weighted by Crippen LogP contribution is -1.79. The van der Waals surface area contributed by atoms with Crippen molar-refractivity contribution in [2.24, 2.45) is 0 Å². The van der Waals surface area contributed by atoms with Crippen LogP contribution in [0.25, 0.3) is 10.6 Å². The van der Waals surface area contributed by atoms with Gasteiger partial charge in [-0.25, -0.2) is 4.98 Å². The van der Waals surface area contributed by atoms with Crippen LogP contribution in [0.2, 0.25) is 0 Å². The van der Waals surface area contributed by atoms with Crippen LogP contribution < -0.4 is 4.74 Å². The Morgan fingerprint density at radius 2 is 2.27 bits per heavy atom. The predicted octanol–water partition coefficient (Wildman–Crippen LogP) is 1.00. The average Bonchev–Trinajstić information content (AvgIpc) is 2.17. The van der Waals surface area contributed by atoms with Gasteiger partial charge in [-0.2, -0.15) is 0 Å². The molecule has 3 nitrogen and oxygen atoms in total. The normalized spacial score (nSPS) is 10.2. The Morgan fingerprint density at radius 1 is 1.36 bits per heavy atom. The van der Waals surface area contributed by atoms with E-state index in [1.54, 1.807) is 24.7 Å². The Bertz CT molecular complexity index is 364. The molecule has 2 aliphatic rings. The van der Waals surface area contributed by atoms with Crippen molar-refractivity contribution in [2.45, 2.75) is 0 Å². The second-order valence-corrected chi connectivity index (χ2v) is 3.02. The highest BCUT2D eigenvalue weighted by Crippen LogP contribution is 2.17. The van der Waals surface area contributed by atoms with Gasteiger partial charge in [0.1, 0.15) is 5.01 Å². The van der Waals surface area contributed by atoms with E-state index >= 15 is 0 Å². The highest BCUT2D eigenvalue weighted by Gasteiger charge is 2.03. The van der Waals surface area contributed by atoms with Crippen LogP contribution in [0.1, 0.15) is 0 Å². The van der Waals surface area contributed by atoms with Crippen molar-refractivity contribution in [1.82, 2.24) is 9.97 Å². The first kappa shape index (κ1) is 6.42. The lowest BCUT2D eigenvalue weighted by Gasteiger charge is -1.81. The fourth-order valence-electron chi connectivity index (χ4n) is 0.829. The van der Waals surface area contributed by atoms with Crippen LogP contribution in [-0.4, -0.2) is 9.97 Å². The van der Waals surface area contributed by atoms with Crippen LogP contribution >= 0.6 is 11.3 Å². The molecule has 54 valence electrons. The Labute approximate surface area is 66.7 Å². The Morgan fingerprint density at radius 3 is 3.18 bits per heavy atom. The zero-order valence-electron chi connectivity index (χ0n) is 5.52. The van der Waals surface area contributed by atoms with Gasteiger partial charge in [0, 0.05) is 30.2 Å². The summed E-state index contributed by atoms with van der Waals surface area (Å²) in [4.78, 5) is 18.8. The van der Waals surface area contributed by atoms with Crippen molar-refractivity contribution >= 4 is 11.3 Å². The maximum Gasteiger partial charge on any atom is 0.235 e. The second-order valence-electron chi connectivity index (χ2n) is 2.03. The quantitative estimate of drug-likeness (QED) is 0.583. The number of aromatic nitrogens is 2. The number of fused-ring (bicyclic) bond motifs is 1. The van der Waals surface area contributed by atoms with Crippen molar-refractivity contribution in [2.75, 3.05) is 0 Å². The first-order chi connectivity index (χ1) is 5.36. The summed E-state index contributed by atoms with van der Waals surface area (Å²) in [5.41, 5.74) is 0.810. The topological polar surface area (TPSA) is 42.9 Å².